The SMILES string of the molecule is CC(C)c1ccc(/C=C/CC(=O)N2CC[C@@H](O)C2)cc1. The monoisotopic (exact) mass is 273 g/mol. The Labute approximate surface area is 120 Å². The quantitative estimate of drug-likeness (QED) is 0.916. The number of carbonyl (C=O) groups excluding carboxylic acids is 1. The Morgan fingerprint density at radius 1 is 1.40 bits per heavy atom. The molecule has 1 aromatic carbocycles. The Balaban J connectivity index is 1.85. The van der Waals surface area contributed by atoms with Crippen molar-refractivity contribution in [1.29, 1.82) is 0 Å². The minimum Gasteiger partial charge on any atom is -0.391 e. The van der Waals surface area contributed by atoms with Gasteiger partial charge in [-0.15, -0.1) is 0 Å². The molecular formula is C17H23NO2. The number of nitrogens with zero attached hydrogens (tertiary/aromatic N) is 1. The maximum absolute atomic E-state index is 11.9. The normalized spacial score (nSPS) is 19.2. The highest BCUT2D eigenvalue weighted by Gasteiger charge is 2.23. The maximum Gasteiger partial charge on any atom is 0.226 e. The number of β-amino-alcohol motifs (C(OH)–C–C–N with tert-alkyl or cyclic N) is 1. The molecule has 3 heteroatoms. The Kier molecular flexibility index (Phi) is 4.96. The van der Waals surface area contributed by atoms with Crippen molar-refractivity contribution in [1.82, 2.24) is 4.90 Å². The standard InChI is InChI=1S/C17H23NO2/c1-13(2)15-8-6-14(7-9-15)4-3-5-17(20)18-11-10-16(19)12-18/h3-4,6-9,13,16,19H,5,10-12H2,1-2H3/b4-3+/t16-/m1/s1. The Morgan fingerprint density at radius 3 is 2.65 bits per heavy atom. The van der Waals surface area contributed by atoms with E-state index >= 15 is 0 Å². The van der Waals surface area contributed by atoms with E-state index in [1.54, 1.807) is 4.90 Å². The van der Waals surface area contributed by atoms with Gasteiger partial charge in [-0.2, -0.15) is 0 Å². The molecule has 0 saturated carbocycles. The summed E-state index contributed by atoms with van der Waals surface area (Å²) >= 11 is 0. The Bertz CT molecular complexity index is 476. The summed E-state index contributed by atoms with van der Waals surface area (Å²) in [5.41, 5.74) is 2.44. The van der Waals surface area contributed by atoms with Gasteiger partial charge in [0.15, 0.2) is 0 Å². The van der Waals surface area contributed by atoms with Gasteiger partial charge in [0, 0.05) is 19.5 Å². The Morgan fingerprint density at radius 2 is 2.10 bits per heavy atom. The number of aliphatic hydroxyl groups is 1. The highest BCUT2D eigenvalue weighted by molar-refractivity contribution is 5.79. The van der Waals surface area contributed by atoms with Crippen LogP contribution in [0.2, 0.25) is 0 Å². The lowest BCUT2D eigenvalue weighted by Crippen LogP contribution is -2.28. The second kappa shape index (κ2) is 6.71. The zero-order valence-electron chi connectivity index (χ0n) is 12.2. The van der Waals surface area contributed by atoms with Gasteiger partial charge in [-0.1, -0.05) is 50.3 Å². The van der Waals surface area contributed by atoms with Gasteiger partial charge in [0.1, 0.15) is 0 Å². The topological polar surface area (TPSA) is 40.5 Å². The summed E-state index contributed by atoms with van der Waals surface area (Å²) in [4.78, 5) is 13.6. The molecular weight excluding hydrogens is 250 g/mol. The van der Waals surface area contributed by atoms with E-state index in [1.165, 1.54) is 5.56 Å². The van der Waals surface area contributed by atoms with Crippen molar-refractivity contribution in [3.63, 3.8) is 0 Å². The first-order valence-corrected chi connectivity index (χ1v) is 7.28. The van der Waals surface area contributed by atoms with Crippen molar-refractivity contribution >= 4 is 12.0 Å². The number of amides is 1. The average molecular weight is 273 g/mol. The van der Waals surface area contributed by atoms with E-state index in [9.17, 15) is 9.90 Å². The van der Waals surface area contributed by atoms with Crippen LogP contribution in [0, 0.1) is 0 Å². The molecule has 1 aliphatic heterocycles. The minimum atomic E-state index is -0.341. The number of aliphatic hydroxyl groups excluding tert-OH is 1. The first-order chi connectivity index (χ1) is 9.56. The van der Waals surface area contributed by atoms with E-state index in [-0.39, 0.29) is 12.0 Å². The first-order valence-electron chi connectivity index (χ1n) is 7.28. The average Bonchev–Trinajstić information content (AvgIpc) is 2.86. The second-order valence-electron chi connectivity index (χ2n) is 5.71. The fraction of sp³-hybridized carbons (Fsp3) is 0.471. The maximum atomic E-state index is 11.9. The molecule has 1 amide bonds. The van der Waals surface area contributed by atoms with Crippen molar-refractivity contribution in [3.05, 3.63) is 41.5 Å². The molecule has 20 heavy (non-hydrogen) atoms. The number of rotatable bonds is 4. The van der Waals surface area contributed by atoms with Crippen molar-refractivity contribution in [3.8, 4) is 0 Å². The van der Waals surface area contributed by atoms with Gasteiger partial charge in [-0.05, 0) is 23.5 Å². The van der Waals surface area contributed by atoms with E-state index in [2.05, 4.69) is 38.1 Å². The third-order valence-corrected chi connectivity index (χ3v) is 3.72. The number of benzene rings is 1. The van der Waals surface area contributed by atoms with Gasteiger partial charge >= 0.3 is 0 Å². The minimum absolute atomic E-state index is 0.0941. The third-order valence-electron chi connectivity index (χ3n) is 3.72. The summed E-state index contributed by atoms with van der Waals surface area (Å²) in [6, 6.07) is 8.41. The molecule has 0 aromatic heterocycles. The van der Waals surface area contributed by atoms with E-state index < -0.39 is 0 Å². The molecule has 0 spiro atoms. The van der Waals surface area contributed by atoms with Crippen molar-refractivity contribution < 1.29 is 9.90 Å². The van der Waals surface area contributed by atoms with Gasteiger partial charge in [0.25, 0.3) is 0 Å². The van der Waals surface area contributed by atoms with Crippen molar-refractivity contribution in [2.75, 3.05) is 13.1 Å². The van der Waals surface area contributed by atoms with Crippen LogP contribution in [0.1, 0.15) is 43.7 Å². The zero-order valence-corrected chi connectivity index (χ0v) is 12.2. The van der Waals surface area contributed by atoms with Crippen LogP contribution < -0.4 is 0 Å². The largest absolute Gasteiger partial charge is 0.391 e. The van der Waals surface area contributed by atoms with Crippen molar-refractivity contribution in [2.45, 2.75) is 38.7 Å². The summed E-state index contributed by atoms with van der Waals surface area (Å²) < 4.78 is 0. The van der Waals surface area contributed by atoms with Gasteiger partial charge < -0.3 is 10.0 Å². The highest BCUT2D eigenvalue weighted by atomic mass is 16.3. The molecule has 108 valence electrons. The molecule has 1 atom stereocenters. The fourth-order valence-electron chi connectivity index (χ4n) is 2.39. The summed E-state index contributed by atoms with van der Waals surface area (Å²) in [7, 11) is 0. The second-order valence-corrected chi connectivity index (χ2v) is 5.71. The molecule has 1 heterocycles. The molecule has 1 N–H and O–H groups in total. The van der Waals surface area contributed by atoms with Gasteiger partial charge in [0.05, 0.1) is 6.10 Å². The summed E-state index contributed by atoms with van der Waals surface area (Å²) in [6.07, 6.45) is 4.64. The van der Waals surface area contributed by atoms with Gasteiger partial charge in [-0.3, -0.25) is 4.79 Å². The molecule has 0 bridgehead atoms. The van der Waals surface area contributed by atoms with Crippen LogP contribution >= 0.6 is 0 Å². The number of hydrogen-bond acceptors (Lipinski definition) is 2. The predicted octanol–water partition coefficient (Wildman–Crippen LogP) is 2.81. The van der Waals surface area contributed by atoms with E-state index in [1.807, 2.05) is 12.2 Å². The van der Waals surface area contributed by atoms with Crippen LogP contribution in [-0.4, -0.2) is 35.1 Å². The molecule has 0 unspecified atom stereocenters. The predicted molar refractivity (Wildman–Crippen MR) is 81.4 cm³/mol. The molecule has 2 rings (SSSR count). The number of likely N-dealkylation sites (tertiary alicyclic amines) is 1. The third kappa shape index (κ3) is 3.94. The van der Waals surface area contributed by atoms with Gasteiger partial charge in [-0.25, -0.2) is 0 Å². The lowest BCUT2D eigenvalue weighted by molar-refractivity contribution is -0.129. The van der Waals surface area contributed by atoms with Crippen molar-refractivity contribution in [2.24, 2.45) is 0 Å². The molecule has 0 aliphatic carbocycles. The molecule has 1 saturated heterocycles. The summed E-state index contributed by atoms with van der Waals surface area (Å²) in [5, 5.41) is 9.41. The van der Waals surface area contributed by atoms with E-state index in [4.69, 9.17) is 0 Å². The number of hydrogen-bond donors (Lipinski definition) is 1. The lowest BCUT2D eigenvalue weighted by atomic mass is 10.0. The van der Waals surface area contributed by atoms with E-state index in [0.29, 0.717) is 31.8 Å². The lowest BCUT2D eigenvalue weighted by Gasteiger charge is -2.13. The molecule has 3 nitrogen and oxygen atoms in total. The highest BCUT2D eigenvalue weighted by Crippen LogP contribution is 2.16. The fourth-order valence-corrected chi connectivity index (χ4v) is 2.39. The van der Waals surface area contributed by atoms with Crippen LogP contribution in [0.5, 0.6) is 0 Å². The molecule has 1 aliphatic rings. The smallest absolute Gasteiger partial charge is 0.226 e. The van der Waals surface area contributed by atoms with Crippen LogP contribution in [-0.2, 0) is 4.79 Å². The Hall–Kier alpha value is -1.61. The van der Waals surface area contributed by atoms with E-state index in [0.717, 1.165) is 5.56 Å². The number of carbonyl (C=O) groups is 1. The zero-order chi connectivity index (χ0) is 14.5. The van der Waals surface area contributed by atoms with Crippen LogP contribution in [0.3, 0.4) is 0 Å². The first kappa shape index (κ1) is 14.8. The summed E-state index contributed by atoms with van der Waals surface area (Å²) in [6.45, 7) is 5.51. The molecule has 1 fully saturated rings. The molecule has 1 aromatic rings. The van der Waals surface area contributed by atoms with Crippen LogP contribution in [0.15, 0.2) is 30.3 Å². The molecule has 0 radical (unpaired) electrons. The van der Waals surface area contributed by atoms with Crippen LogP contribution in [0.4, 0.5) is 0 Å². The van der Waals surface area contributed by atoms with Gasteiger partial charge in [0.2, 0.25) is 5.91 Å². The summed E-state index contributed by atoms with van der Waals surface area (Å²) in [5.74, 6) is 0.632. The van der Waals surface area contributed by atoms with Crippen LogP contribution in [0.25, 0.3) is 6.08 Å².